The number of carbonyl (C=O) groups is 3. The van der Waals surface area contributed by atoms with Crippen molar-refractivity contribution < 1.29 is 19.1 Å². The van der Waals surface area contributed by atoms with Crippen LogP contribution in [0.3, 0.4) is 0 Å². The Kier molecular flexibility index (Phi) is 8.22. The Balaban J connectivity index is 1.68. The van der Waals surface area contributed by atoms with Crippen LogP contribution in [-0.2, 0) is 11.3 Å². The van der Waals surface area contributed by atoms with Crippen molar-refractivity contribution in [1.82, 2.24) is 20.1 Å². The third-order valence-electron chi connectivity index (χ3n) is 5.18. The number of aryl methyl sites for hydroxylation is 1. The van der Waals surface area contributed by atoms with Gasteiger partial charge in [0.1, 0.15) is 15.7 Å². The number of rotatable bonds is 8. The lowest BCUT2D eigenvalue weighted by Crippen LogP contribution is -2.29. The van der Waals surface area contributed by atoms with E-state index in [0.717, 1.165) is 11.3 Å². The Bertz CT molecular complexity index is 1480. The molecule has 2 amide bonds. The van der Waals surface area contributed by atoms with E-state index < -0.39 is 12.0 Å². The first-order valence-corrected chi connectivity index (χ1v) is 12.7. The number of halogens is 2. The van der Waals surface area contributed by atoms with E-state index in [2.05, 4.69) is 20.8 Å². The molecule has 2 aromatic carbocycles. The normalized spacial score (nSPS) is 10.7. The topological polar surface area (TPSA) is 115 Å². The Morgan fingerprint density at radius 2 is 1.70 bits per heavy atom. The molecule has 2 heterocycles. The van der Waals surface area contributed by atoms with Crippen molar-refractivity contribution in [2.24, 2.45) is 0 Å². The molecule has 9 nitrogen and oxygen atoms in total. The van der Waals surface area contributed by atoms with Crippen LogP contribution in [0.15, 0.2) is 54.6 Å². The van der Waals surface area contributed by atoms with E-state index in [4.69, 9.17) is 27.9 Å². The molecule has 0 aliphatic rings. The number of aromatic nitrogens is 3. The van der Waals surface area contributed by atoms with Gasteiger partial charge >= 0.3 is 12.0 Å². The highest BCUT2D eigenvalue weighted by Gasteiger charge is 2.26. The molecule has 0 aliphatic heterocycles. The molecule has 0 atom stereocenters. The van der Waals surface area contributed by atoms with E-state index in [0.29, 0.717) is 27.4 Å². The molecule has 0 saturated carbocycles. The fourth-order valence-corrected chi connectivity index (χ4v) is 5.00. The van der Waals surface area contributed by atoms with E-state index in [9.17, 15) is 14.4 Å². The summed E-state index contributed by atoms with van der Waals surface area (Å²) in [5, 5.41) is 14.7. The number of thiophene rings is 1. The van der Waals surface area contributed by atoms with Crippen LogP contribution in [0.2, 0.25) is 10.0 Å². The second kappa shape index (κ2) is 11.5. The molecule has 190 valence electrons. The van der Waals surface area contributed by atoms with Crippen molar-refractivity contribution in [1.29, 1.82) is 0 Å². The zero-order valence-corrected chi connectivity index (χ0v) is 22.1. The number of esters is 1. The fraction of sp³-hybridized carbons (Fsp3) is 0.160. The highest BCUT2D eigenvalue weighted by Crippen LogP contribution is 2.32. The number of ketones is 1. The van der Waals surface area contributed by atoms with E-state index in [-0.39, 0.29) is 40.0 Å². The maximum Gasteiger partial charge on any atom is 0.348 e. The van der Waals surface area contributed by atoms with Crippen LogP contribution in [0.5, 0.6) is 0 Å². The molecular weight excluding hydrogens is 537 g/mol. The van der Waals surface area contributed by atoms with Gasteiger partial charge in [-0.25, -0.2) is 9.59 Å². The molecule has 0 bridgehead atoms. The summed E-state index contributed by atoms with van der Waals surface area (Å²) in [4.78, 5) is 38.8. The van der Waals surface area contributed by atoms with Gasteiger partial charge in [0.15, 0.2) is 11.6 Å². The standard InChI is InChI=1S/C25H21Cl2N5O4S/c1-3-36-24(34)20-12-16(22(33)15-8-4-5-9-17(15)26)23(37-20)32-14(2)30-31-21(32)13-28-25(35)29-19-11-7-6-10-18(19)27/h4-12H,3,13H2,1-2H3,(H2,28,29,35). The van der Waals surface area contributed by atoms with Gasteiger partial charge in [-0.05, 0) is 44.2 Å². The van der Waals surface area contributed by atoms with Crippen LogP contribution in [0.1, 0.15) is 44.2 Å². The van der Waals surface area contributed by atoms with Gasteiger partial charge in [-0.15, -0.1) is 21.5 Å². The predicted octanol–water partition coefficient (Wildman–Crippen LogP) is 5.67. The highest BCUT2D eigenvalue weighted by molar-refractivity contribution is 7.16. The van der Waals surface area contributed by atoms with Gasteiger partial charge in [0.25, 0.3) is 0 Å². The van der Waals surface area contributed by atoms with Gasteiger partial charge in [-0.2, -0.15) is 0 Å². The number of hydrogen-bond acceptors (Lipinski definition) is 7. The van der Waals surface area contributed by atoms with Crippen LogP contribution >= 0.6 is 34.5 Å². The number of ether oxygens (including phenoxy) is 1. The Labute approximate surface area is 226 Å². The third-order valence-corrected chi connectivity index (χ3v) is 6.94. The molecule has 0 fully saturated rings. The summed E-state index contributed by atoms with van der Waals surface area (Å²) in [6.07, 6.45) is 0. The smallest absolute Gasteiger partial charge is 0.348 e. The minimum Gasteiger partial charge on any atom is -0.462 e. The van der Waals surface area contributed by atoms with Crippen molar-refractivity contribution in [2.45, 2.75) is 20.4 Å². The Hall–Kier alpha value is -3.73. The zero-order chi connectivity index (χ0) is 26.5. The van der Waals surface area contributed by atoms with Crippen molar-refractivity contribution in [3.8, 4) is 5.00 Å². The van der Waals surface area contributed by atoms with Gasteiger partial charge in [0.2, 0.25) is 0 Å². The molecular formula is C25H21Cl2N5O4S. The maximum atomic E-state index is 13.5. The monoisotopic (exact) mass is 557 g/mol. The zero-order valence-electron chi connectivity index (χ0n) is 19.7. The first kappa shape index (κ1) is 26.3. The summed E-state index contributed by atoms with van der Waals surface area (Å²) in [6, 6.07) is 14.4. The largest absolute Gasteiger partial charge is 0.462 e. The number of urea groups is 1. The van der Waals surface area contributed by atoms with E-state index in [1.54, 1.807) is 66.9 Å². The van der Waals surface area contributed by atoms with Gasteiger partial charge < -0.3 is 15.4 Å². The number of carbonyl (C=O) groups excluding carboxylic acids is 3. The first-order valence-electron chi connectivity index (χ1n) is 11.1. The summed E-state index contributed by atoms with van der Waals surface area (Å²) in [5.41, 5.74) is 0.957. The summed E-state index contributed by atoms with van der Waals surface area (Å²) in [7, 11) is 0. The van der Waals surface area contributed by atoms with Crippen LogP contribution in [0, 0.1) is 6.92 Å². The molecule has 4 aromatic rings. The number of amides is 2. The molecule has 0 aliphatic carbocycles. The number of anilines is 1. The predicted molar refractivity (Wildman–Crippen MR) is 142 cm³/mol. The number of nitrogens with one attached hydrogen (secondary N) is 2. The average molecular weight is 558 g/mol. The summed E-state index contributed by atoms with van der Waals surface area (Å²) >= 11 is 13.5. The summed E-state index contributed by atoms with van der Waals surface area (Å²) in [6.45, 7) is 3.56. The number of hydrogen-bond donors (Lipinski definition) is 2. The minimum absolute atomic E-state index is 0.0243. The quantitative estimate of drug-likeness (QED) is 0.213. The SMILES string of the molecule is CCOC(=O)c1cc(C(=O)c2ccccc2Cl)c(-n2c(C)nnc2CNC(=O)Nc2ccccc2Cl)s1. The van der Waals surface area contributed by atoms with Gasteiger partial charge in [0.05, 0.1) is 34.4 Å². The molecule has 0 radical (unpaired) electrons. The second-order valence-corrected chi connectivity index (χ2v) is 9.49. The summed E-state index contributed by atoms with van der Waals surface area (Å²) < 4.78 is 6.76. The molecule has 37 heavy (non-hydrogen) atoms. The molecule has 0 unspecified atom stereocenters. The van der Waals surface area contributed by atoms with Crippen LogP contribution in [0.4, 0.5) is 10.5 Å². The van der Waals surface area contributed by atoms with E-state index in [1.165, 1.54) is 6.07 Å². The number of nitrogens with zero attached hydrogens (tertiary/aromatic N) is 3. The van der Waals surface area contributed by atoms with Crippen molar-refractivity contribution >= 4 is 58.0 Å². The van der Waals surface area contributed by atoms with E-state index in [1.807, 2.05) is 0 Å². The molecule has 0 spiro atoms. The van der Waals surface area contributed by atoms with Crippen molar-refractivity contribution in [2.75, 3.05) is 11.9 Å². The molecule has 4 rings (SSSR count). The van der Waals surface area contributed by atoms with E-state index >= 15 is 0 Å². The molecule has 2 aromatic heterocycles. The molecule has 0 saturated heterocycles. The van der Waals surface area contributed by atoms with Gasteiger partial charge in [-0.1, -0.05) is 47.5 Å². The number of para-hydroxylation sites is 1. The lowest BCUT2D eigenvalue weighted by atomic mass is 10.0. The lowest BCUT2D eigenvalue weighted by Gasteiger charge is -2.11. The maximum absolute atomic E-state index is 13.5. The minimum atomic E-state index is -0.559. The van der Waals surface area contributed by atoms with Crippen LogP contribution in [0.25, 0.3) is 5.00 Å². The second-order valence-electron chi connectivity index (χ2n) is 7.65. The fourth-order valence-electron chi connectivity index (χ4n) is 3.48. The molecule has 2 N–H and O–H groups in total. The van der Waals surface area contributed by atoms with Gasteiger partial charge in [-0.3, -0.25) is 9.36 Å². The molecule has 12 heteroatoms. The van der Waals surface area contributed by atoms with Crippen molar-refractivity contribution in [3.05, 3.63) is 92.3 Å². The van der Waals surface area contributed by atoms with Crippen LogP contribution in [-0.4, -0.2) is 39.2 Å². The average Bonchev–Trinajstić information content (AvgIpc) is 3.47. The van der Waals surface area contributed by atoms with Gasteiger partial charge in [0, 0.05) is 5.56 Å². The van der Waals surface area contributed by atoms with Crippen molar-refractivity contribution in [3.63, 3.8) is 0 Å². The van der Waals surface area contributed by atoms with Crippen LogP contribution < -0.4 is 10.6 Å². The first-order chi connectivity index (χ1) is 17.8. The Morgan fingerprint density at radius 1 is 1.00 bits per heavy atom. The highest BCUT2D eigenvalue weighted by atomic mass is 35.5. The lowest BCUT2D eigenvalue weighted by molar-refractivity contribution is 0.0532. The Morgan fingerprint density at radius 3 is 2.41 bits per heavy atom. The third kappa shape index (κ3) is 5.82. The summed E-state index contributed by atoms with van der Waals surface area (Å²) in [5.74, 6) is -0.140. The number of benzene rings is 2.